The molecule has 2 amide bonds. The lowest BCUT2D eigenvalue weighted by Gasteiger charge is -2.39. The normalized spacial score (nSPS) is 18.5. The Morgan fingerprint density at radius 2 is 1.96 bits per heavy atom. The molecule has 0 aliphatic carbocycles. The molecule has 0 radical (unpaired) electrons. The van der Waals surface area contributed by atoms with Crippen LogP contribution in [0.2, 0.25) is 0 Å². The zero-order chi connectivity index (χ0) is 17.3. The highest BCUT2D eigenvalue weighted by Gasteiger charge is 2.40. The van der Waals surface area contributed by atoms with Crippen LogP contribution in [-0.2, 0) is 9.53 Å². The van der Waals surface area contributed by atoms with Crippen molar-refractivity contribution in [3.8, 4) is 0 Å². The van der Waals surface area contributed by atoms with Gasteiger partial charge in [0.25, 0.3) is 0 Å². The van der Waals surface area contributed by atoms with E-state index in [2.05, 4.69) is 0 Å². The molecule has 23 heavy (non-hydrogen) atoms. The number of halogens is 2. The number of hydrogen-bond donors (Lipinski definition) is 0. The van der Waals surface area contributed by atoms with Crippen LogP contribution in [0.5, 0.6) is 0 Å². The van der Waals surface area contributed by atoms with Gasteiger partial charge in [-0.25, -0.2) is 18.4 Å². The quantitative estimate of drug-likeness (QED) is 0.803. The zero-order valence-corrected chi connectivity index (χ0v) is 13.4. The van der Waals surface area contributed by atoms with Crippen LogP contribution in [0.15, 0.2) is 29.5 Å². The van der Waals surface area contributed by atoms with Crippen molar-refractivity contribution in [3.63, 3.8) is 0 Å². The molecule has 1 atom stereocenters. The first-order chi connectivity index (χ1) is 10.8. The number of benzene rings is 1. The van der Waals surface area contributed by atoms with Gasteiger partial charge < -0.3 is 14.5 Å². The fourth-order valence-electron chi connectivity index (χ4n) is 2.62. The molecule has 0 aromatic heterocycles. The van der Waals surface area contributed by atoms with Gasteiger partial charge in [-0.2, -0.15) is 0 Å². The smallest absolute Gasteiger partial charge is 0.338 e. The summed E-state index contributed by atoms with van der Waals surface area (Å²) in [5.41, 5.74) is 0.569. The van der Waals surface area contributed by atoms with E-state index >= 15 is 0 Å². The first-order valence-electron chi connectivity index (χ1n) is 7.12. The summed E-state index contributed by atoms with van der Waals surface area (Å²) in [4.78, 5) is 27.1. The third-order valence-electron chi connectivity index (χ3n) is 3.89. The Morgan fingerprint density at radius 1 is 1.30 bits per heavy atom. The maximum absolute atomic E-state index is 14.2. The number of hydrogen-bond acceptors (Lipinski definition) is 3. The van der Waals surface area contributed by atoms with Gasteiger partial charge in [0, 0.05) is 31.4 Å². The second-order valence-electron chi connectivity index (χ2n) is 5.24. The molecule has 0 bridgehead atoms. The number of allylic oxidation sites excluding steroid dienone is 1. The summed E-state index contributed by atoms with van der Waals surface area (Å²) < 4.78 is 32.4. The minimum atomic E-state index is -0.974. The Morgan fingerprint density at radius 3 is 2.52 bits per heavy atom. The number of carbonyl (C=O) groups is 2. The molecule has 0 fully saturated rings. The summed E-state index contributed by atoms with van der Waals surface area (Å²) >= 11 is 0. The fourth-order valence-corrected chi connectivity index (χ4v) is 2.62. The van der Waals surface area contributed by atoms with E-state index in [4.69, 9.17) is 4.74 Å². The predicted octanol–water partition coefficient (Wildman–Crippen LogP) is 2.84. The zero-order valence-electron chi connectivity index (χ0n) is 13.4. The third kappa shape index (κ3) is 2.91. The number of amides is 2. The Hall–Kier alpha value is -2.44. The van der Waals surface area contributed by atoms with Crippen LogP contribution in [0.3, 0.4) is 0 Å². The van der Waals surface area contributed by atoms with E-state index in [1.165, 1.54) is 30.0 Å². The molecule has 124 valence electrons. The molecule has 1 heterocycles. The van der Waals surface area contributed by atoms with Gasteiger partial charge >= 0.3 is 12.0 Å². The van der Waals surface area contributed by atoms with Gasteiger partial charge in [-0.3, -0.25) is 0 Å². The van der Waals surface area contributed by atoms with E-state index in [1.807, 2.05) is 0 Å². The molecule has 7 heteroatoms. The molecule has 1 aromatic carbocycles. The van der Waals surface area contributed by atoms with Crippen LogP contribution < -0.4 is 0 Å². The Balaban J connectivity index is 2.64. The molecule has 1 aromatic rings. The van der Waals surface area contributed by atoms with Crippen molar-refractivity contribution >= 4 is 12.0 Å². The number of rotatable bonds is 3. The van der Waals surface area contributed by atoms with Crippen molar-refractivity contribution < 1.29 is 23.1 Å². The number of carbonyl (C=O) groups excluding carboxylic acids is 2. The van der Waals surface area contributed by atoms with Gasteiger partial charge in [-0.15, -0.1) is 0 Å². The highest BCUT2D eigenvalue weighted by molar-refractivity contribution is 5.94. The molecule has 1 aliphatic heterocycles. The van der Waals surface area contributed by atoms with Gasteiger partial charge in [0.05, 0.1) is 18.2 Å². The second kappa shape index (κ2) is 6.36. The minimum Gasteiger partial charge on any atom is -0.463 e. The average molecular weight is 324 g/mol. The maximum Gasteiger partial charge on any atom is 0.338 e. The maximum atomic E-state index is 14.2. The van der Waals surface area contributed by atoms with Gasteiger partial charge in [0.15, 0.2) is 0 Å². The van der Waals surface area contributed by atoms with Crippen molar-refractivity contribution in [3.05, 3.63) is 46.7 Å². The number of urea groups is 1. The summed E-state index contributed by atoms with van der Waals surface area (Å²) in [6.07, 6.45) is 0. The monoisotopic (exact) mass is 324 g/mol. The van der Waals surface area contributed by atoms with Crippen molar-refractivity contribution in [2.24, 2.45) is 0 Å². The van der Waals surface area contributed by atoms with Gasteiger partial charge in [-0.05, 0) is 19.9 Å². The van der Waals surface area contributed by atoms with Crippen LogP contribution in [0.25, 0.3) is 0 Å². The lowest BCUT2D eigenvalue weighted by molar-refractivity contribution is -0.139. The van der Waals surface area contributed by atoms with Crippen LogP contribution in [-0.4, -0.2) is 42.5 Å². The van der Waals surface area contributed by atoms with E-state index in [-0.39, 0.29) is 17.7 Å². The number of ether oxygens (including phenoxy) is 1. The predicted molar refractivity (Wildman–Crippen MR) is 79.4 cm³/mol. The van der Waals surface area contributed by atoms with Gasteiger partial charge in [0.2, 0.25) is 0 Å². The first kappa shape index (κ1) is 16.9. The van der Waals surface area contributed by atoms with Crippen LogP contribution in [0, 0.1) is 11.6 Å². The lowest BCUT2D eigenvalue weighted by atomic mass is 9.93. The minimum absolute atomic E-state index is 0.0396. The molecule has 1 aliphatic rings. The number of esters is 1. The topological polar surface area (TPSA) is 49.9 Å². The van der Waals surface area contributed by atoms with Crippen molar-refractivity contribution in [2.45, 2.75) is 19.9 Å². The van der Waals surface area contributed by atoms with Crippen molar-refractivity contribution in [1.82, 2.24) is 9.80 Å². The molecular weight excluding hydrogens is 306 g/mol. The highest BCUT2D eigenvalue weighted by Crippen LogP contribution is 2.37. The third-order valence-corrected chi connectivity index (χ3v) is 3.89. The molecule has 0 saturated heterocycles. The molecular formula is C16H18F2N2O3. The van der Waals surface area contributed by atoms with E-state index in [1.54, 1.807) is 13.8 Å². The highest BCUT2D eigenvalue weighted by atomic mass is 19.1. The van der Waals surface area contributed by atoms with Gasteiger partial charge in [0.1, 0.15) is 11.6 Å². The number of nitrogens with zero attached hydrogens (tertiary/aromatic N) is 2. The molecule has 0 N–H and O–H groups in total. The van der Waals surface area contributed by atoms with Gasteiger partial charge in [-0.1, -0.05) is 6.07 Å². The molecule has 2 rings (SSSR count). The fraction of sp³-hybridized carbons (Fsp3) is 0.375. The van der Waals surface area contributed by atoms with E-state index in [9.17, 15) is 18.4 Å². The van der Waals surface area contributed by atoms with Crippen LogP contribution in [0.4, 0.5) is 13.6 Å². The van der Waals surface area contributed by atoms with E-state index in [0.29, 0.717) is 5.70 Å². The average Bonchev–Trinajstić information content (AvgIpc) is 2.49. The summed E-state index contributed by atoms with van der Waals surface area (Å²) in [6.45, 7) is 3.39. The second-order valence-corrected chi connectivity index (χ2v) is 5.24. The summed E-state index contributed by atoms with van der Waals surface area (Å²) in [5, 5.41) is 0. The van der Waals surface area contributed by atoms with Crippen molar-refractivity contribution in [2.75, 3.05) is 20.7 Å². The van der Waals surface area contributed by atoms with Crippen LogP contribution >= 0.6 is 0 Å². The SMILES string of the molecule is CCOC(=O)C1=C(C)N(C)C(=O)N(C)C1c1ccc(F)cc1F. The molecule has 0 saturated carbocycles. The van der Waals surface area contributed by atoms with Crippen LogP contribution in [0.1, 0.15) is 25.5 Å². The lowest BCUT2D eigenvalue weighted by Crippen LogP contribution is -2.47. The largest absolute Gasteiger partial charge is 0.463 e. The van der Waals surface area contributed by atoms with E-state index in [0.717, 1.165) is 12.1 Å². The number of likely N-dealkylation sites (N-methyl/N-ethyl adjacent to an activating group) is 1. The Labute approximate surface area is 133 Å². The summed E-state index contributed by atoms with van der Waals surface area (Å²) in [6, 6.07) is 1.68. The standard InChI is InChI=1S/C16H18F2N2O3/c1-5-23-15(21)13-9(2)19(3)16(22)20(4)14(13)11-7-6-10(17)8-12(11)18/h6-8,14H,5H2,1-4H3. The Bertz CT molecular complexity index is 688. The summed E-state index contributed by atoms with van der Waals surface area (Å²) in [5.74, 6) is -2.19. The summed E-state index contributed by atoms with van der Waals surface area (Å²) in [7, 11) is 2.97. The molecule has 1 unspecified atom stereocenters. The molecule has 5 nitrogen and oxygen atoms in total. The van der Waals surface area contributed by atoms with E-state index < -0.39 is 29.7 Å². The Kier molecular flexibility index (Phi) is 4.68. The van der Waals surface area contributed by atoms with Crippen molar-refractivity contribution in [1.29, 1.82) is 0 Å². The first-order valence-corrected chi connectivity index (χ1v) is 7.12. The molecule has 0 spiro atoms.